The Bertz CT molecular complexity index is 419. The van der Waals surface area contributed by atoms with E-state index in [0.29, 0.717) is 5.92 Å². The molecule has 0 radical (unpaired) electrons. The first-order valence-corrected chi connectivity index (χ1v) is 7.42. The zero-order chi connectivity index (χ0) is 13.3. The molecule has 2 N–H and O–H groups in total. The Morgan fingerprint density at radius 2 is 2.05 bits per heavy atom. The largest absolute Gasteiger partial charge is 0.329 e. The fourth-order valence-corrected chi connectivity index (χ4v) is 3.80. The number of likely N-dealkylation sites (tertiary alicyclic amines) is 2. The first-order chi connectivity index (χ1) is 9.23. The Morgan fingerprint density at radius 3 is 2.68 bits per heavy atom. The summed E-state index contributed by atoms with van der Waals surface area (Å²) < 4.78 is 0. The minimum Gasteiger partial charge on any atom is -0.329 e. The standard InChI is InChI=1S/C16H25N3/c1-18-10-8-16(12-17,13-18)19-9-7-15(11-19)14-5-3-2-4-6-14/h2-6,15H,7-13,17H2,1H3. The third-order valence-corrected chi connectivity index (χ3v) is 5.03. The van der Waals surface area contributed by atoms with Gasteiger partial charge in [-0.15, -0.1) is 0 Å². The van der Waals surface area contributed by atoms with Crippen molar-refractivity contribution < 1.29 is 0 Å². The Labute approximate surface area is 116 Å². The van der Waals surface area contributed by atoms with Crippen LogP contribution in [0, 0.1) is 0 Å². The summed E-state index contributed by atoms with van der Waals surface area (Å²) in [6.07, 6.45) is 2.50. The lowest BCUT2D eigenvalue weighted by molar-refractivity contribution is 0.130. The number of hydrogen-bond donors (Lipinski definition) is 1. The minimum atomic E-state index is 0.234. The predicted octanol–water partition coefficient (Wildman–Crippen LogP) is 1.51. The third kappa shape index (κ3) is 2.42. The first kappa shape index (κ1) is 13.1. The SMILES string of the molecule is CN1CCC(CN)(N2CCC(c3ccccc3)C2)C1. The minimum absolute atomic E-state index is 0.234. The van der Waals surface area contributed by atoms with Gasteiger partial charge >= 0.3 is 0 Å². The van der Waals surface area contributed by atoms with Crippen LogP contribution in [0.2, 0.25) is 0 Å². The van der Waals surface area contributed by atoms with Gasteiger partial charge < -0.3 is 10.6 Å². The number of nitrogens with two attached hydrogens (primary N) is 1. The maximum absolute atomic E-state index is 6.13. The van der Waals surface area contributed by atoms with Crippen LogP contribution in [-0.2, 0) is 0 Å². The van der Waals surface area contributed by atoms with Crippen molar-refractivity contribution in [2.24, 2.45) is 5.73 Å². The Balaban J connectivity index is 1.72. The highest BCUT2D eigenvalue weighted by Gasteiger charge is 2.43. The van der Waals surface area contributed by atoms with Crippen molar-refractivity contribution in [3.8, 4) is 0 Å². The number of benzene rings is 1. The summed E-state index contributed by atoms with van der Waals surface area (Å²) in [6.45, 7) is 5.48. The Kier molecular flexibility index (Phi) is 3.61. The molecule has 2 fully saturated rings. The van der Waals surface area contributed by atoms with Gasteiger partial charge in [0.15, 0.2) is 0 Å². The van der Waals surface area contributed by atoms with E-state index in [1.807, 2.05) is 0 Å². The lowest BCUT2D eigenvalue weighted by Crippen LogP contribution is -2.54. The van der Waals surface area contributed by atoms with Crippen molar-refractivity contribution in [1.82, 2.24) is 9.80 Å². The van der Waals surface area contributed by atoms with Gasteiger partial charge in [0.05, 0.1) is 0 Å². The van der Waals surface area contributed by atoms with Crippen LogP contribution in [0.1, 0.15) is 24.3 Å². The molecule has 0 spiro atoms. The normalized spacial score (nSPS) is 33.1. The molecule has 0 amide bonds. The molecule has 3 heteroatoms. The molecule has 0 aromatic heterocycles. The molecule has 3 rings (SSSR count). The number of nitrogens with zero attached hydrogens (tertiary/aromatic N) is 2. The van der Waals surface area contributed by atoms with E-state index in [2.05, 4.69) is 47.2 Å². The summed E-state index contributed by atoms with van der Waals surface area (Å²) in [7, 11) is 2.21. The van der Waals surface area contributed by atoms with Gasteiger partial charge in [-0.1, -0.05) is 30.3 Å². The second-order valence-electron chi connectivity index (χ2n) is 6.26. The number of hydrogen-bond acceptors (Lipinski definition) is 3. The van der Waals surface area contributed by atoms with Crippen LogP contribution in [0.3, 0.4) is 0 Å². The van der Waals surface area contributed by atoms with Gasteiger partial charge in [0.1, 0.15) is 0 Å². The van der Waals surface area contributed by atoms with E-state index >= 15 is 0 Å². The van der Waals surface area contributed by atoms with E-state index in [0.717, 1.165) is 13.1 Å². The quantitative estimate of drug-likeness (QED) is 0.893. The van der Waals surface area contributed by atoms with Gasteiger partial charge in [0, 0.05) is 25.2 Å². The lowest BCUT2D eigenvalue weighted by Gasteiger charge is -2.38. The molecule has 2 aliphatic heterocycles. The molecule has 0 bridgehead atoms. The zero-order valence-electron chi connectivity index (χ0n) is 11.9. The Morgan fingerprint density at radius 1 is 1.26 bits per heavy atom. The maximum Gasteiger partial charge on any atom is 0.0470 e. The number of rotatable bonds is 3. The monoisotopic (exact) mass is 259 g/mol. The molecule has 0 aliphatic carbocycles. The molecule has 2 saturated heterocycles. The predicted molar refractivity (Wildman–Crippen MR) is 79.3 cm³/mol. The maximum atomic E-state index is 6.13. The van der Waals surface area contributed by atoms with Gasteiger partial charge in [-0.05, 0) is 44.5 Å². The van der Waals surface area contributed by atoms with Crippen molar-refractivity contribution in [3.05, 3.63) is 35.9 Å². The molecule has 19 heavy (non-hydrogen) atoms. The van der Waals surface area contributed by atoms with Gasteiger partial charge in [0.2, 0.25) is 0 Å². The fraction of sp³-hybridized carbons (Fsp3) is 0.625. The summed E-state index contributed by atoms with van der Waals surface area (Å²) in [4.78, 5) is 5.08. The third-order valence-electron chi connectivity index (χ3n) is 5.03. The molecule has 104 valence electrons. The highest BCUT2D eigenvalue weighted by Crippen LogP contribution is 2.35. The van der Waals surface area contributed by atoms with Gasteiger partial charge in [0.25, 0.3) is 0 Å². The highest BCUT2D eigenvalue weighted by atomic mass is 15.3. The molecular weight excluding hydrogens is 234 g/mol. The van der Waals surface area contributed by atoms with Crippen LogP contribution in [0.15, 0.2) is 30.3 Å². The summed E-state index contributed by atoms with van der Waals surface area (Å²) in [5.74, 6) is 0.690. The van der Waals surface area contributed by atoms with Crippen LogP contribution in [0.5, 0.6) is 0 Å². The van der Waals surface area contributed by atoms with Crippen molar-refractivity contribution in [2.75, 3.05) is 39.8 Å². The summed E-state index contributed by atoms with van der Waals surface area (Å²) in [6, 6.07) is 10.9. The molecule has 2 heterocycles. The molecule has 2 aliphatic rings. The van der Waals surface area contributed by atoms with E-state index in [4.69, 9.17) is 5.73 Å². The average molecular weight is 259 g/mol. The van der Waals surface area contributed by atoms with Crippen LogP contribution in [0.4, 0.5) is 0 Å². The van der Waals surface area contributed by atoms with E-state index in [9.17, 15) is 0 Å². The second kappa shape index (κ2) is 5.23. The summed E-state index contributed by atoms with van der Waals surface area (Å²) in [5.41, 5.74) is 7.85. The van der Waals surface area contributed by atoms with E-state index in [-0.39, 0.29) is 5.54 Å². The zero-order valence-corrected chi connectivity index (χ0v) is 11.9. The van der Waals surface area contributed by atoms with E-state index in [1.54, 1.807) is 0 Å². The fourth-order valence-electron chi connectivity index (χ4n) is 3.80. The highest BCUT2D eigenvalue weighted by molar-refractivity contribution is 5.21. The van der Waals surface area contributed by atoms with E-state index < -0.39 is 0 Å². The summed E-state index contributed by atoms with van der Waals surface area (Å²) in [5, 5.41) is 0. The van der Waals surface area contributed by atoms with Gasteiger partial charge in [-0.25, -0.2) is 0 Å². The van der Waals surface area contributed by atoms with Crippen LogP contribution >= 0.6 is 0 Å². The van der Waals surface area contributed by atoms with Crippen LogP contribution < -0.4 is 5.73 Å². The van der Waals surface area contributed by atoms with Crippen molar-refractivity contribution in [2.45, 2.75) is 24.3 Å². The molecule has 1 aromatic rings. The van der Waals surface area contributed by atoms with Crippen LogP contribution in [-0.4, -0.2) is 55.1 Å². The topological polar surface area (TPSA) is 32.5 Å². The molecular formula is C16H25N3. The van der Waals surface area contributed by atoms with Crippen molar-refractivity contribution in [1.29, 1.82) is 0 Å². The first-order valence-electron chi connectivity index (χ1n) is 7.42. The van der Waals surface area contributed by atoms with Gasteiger partial charge in [-0.2, -0.15) is 0 Å². The van der Waals surface area contributed by atoms with Crippen LogP contribution in [0.25, 0.3) is 0 Å². The van der Waals surface area contributed by atoms with Gasteiger partial charge in [-0.3, -0.25) is 4.90 Å². The molecule has 1 aromatic carbocycles. The van der Waals surface area contributed by atoms with Crippen molar-refractivity contribution >= 4 is 0 Å². The molecule has 2 unspecified atom stereocenters. The Hall–Kier alpha value is -0.900. The molecule has 3 nitrogen and oxygen atoms in total. The summed E-state index contributed by atoms with van der Waals surface area (Å²) >= 11 is 0. The van der Waals surface area contributed by atoms with Crippen molar-refractivity contribution in [3.63, 3.8) is 0 Å². The van der Waals surface area contributed by atoms with E-state index in [1.165, 1.54) is 38.0 Å². The smallest absolute Gasteiger partial charge is 0.0470 e. The lowest BCUT2D eigenvalue weighted by atomic mass is 9.95. The molecule has 2 atom stereocenters. The number of likely N-dealkylation sites (N-methyl/N-ethyl adjacent to an activating group) is 1. The second-order valence-corrected chi connectivity index (χ2v) is 6.26. The average Bonchev–Trinajstić information content (AvgIpc) is 3.07. The molecule has 0 saturated carbocycles.